The molecule has 1 aromatic heterocycles. The summed E-state index contributed by atoms with van der Waals surface area (Å²) >= 11 is 0. The van der Waals surface area contributed by atoms with Crippen LogP contribution in [0.1, 0.15) is 61.8 Å². The van der Waals surface area contributed by atoms with Crippen molar-refractivity contribution in [1.29, 1.82) is 0 Å². The molecule has 0 aliphatic heterocycles. The molecule has 1 saturated carbocycles. The molecule has 0 bridgehead atoms. The van der Waals surface area contributed by atoms with Gasteiger partial charge in [0, 0.05) is 11.8 Å². The summed E-state index contributed by atoms with van der Waals surface area (Å²) in [5, 5.41) is 0. The lowest BCUT2D eigenvalue weighted by atomic mass is 9.97. The van der Waals surface area contributed by atoms with Gasteiger partial charge in [-0.15, -0.1) is 0 Å². The molecule has 0 radical (unpaired) electrons. The van der Waals surface area contributed by atoms with Crippen LogP contribution in [0.2, 0.25) is 0 Å². The Morgan fingerprint density at radius 2 is 2.00 bits per heavy atom. The number of alkyl halides is 2. The van der Waals surface area contributed by atoms with Gasteiger partial charge in [-0.25, -0.2) is 8.78 Å². The molecule has 0 atom stereocenters. The van der Waals surface area contributed by atoms with Gasteiger partial charge in [-0.05, 0) is 36.3 Å². The van der Waals surface area contributed by atoms with Crippen molar-refractivity contribution >= 4 is 0 Å². The van der Waals surface area contributed by atoms with E-state index in [0.717, 1.165) is 18.4 Å². The maximum Gasteiger partial charge on any atom is 0.265 e. The fraction of sp³-hybridized carbons (Fsp3) is 0.583. The highest BCUT2D eigenvalue weighted by Crippen LogP contribution is 2.45. The predicted octanol–water partition coefficient (Wildman–Crippen LogP) is 4.02. The summed E-state index contributed by atoms with van der Waals surface area (Å²) in [4.78, 5) is 4.09. The predicted molar refractivity (Wildman–Crippen MR) is 55.3 cm³/mol. The highest BCUT2D eigenvalue weighted by molar-refractivity contribution is 5.37. The molecule has 82 valence electrons. The molecule has 0 aromatic carbocycles. The molecule has 1 fully saturated rings. The van der Waals surface area contributed by atoms with E-state index >= 15 is 0 Å². The Labute approximate surface area is 88.5 Å². The third-order valence-electron chi connectivity index (χ3n) is 2.84. The van der Waals surface area contributed by atoms with Crippen LogP contribution in [0.4, 0.5) is 8.78 Å². The Morgan fingerprint density at radius 3 is 2.47 bits per heavy atom. The van der Waals surface area contributed by atoms with Gasteiger partial charge < -0.3 is 0 Å². The van der Waals surface area contributed by atoms with E-state index in [0.29, 0.717) is 11.6 Å². The van der Waals surface area contributed by atoms with Crippen LogP contribution in [0, 0.1) is 0 Å². The molecule has 0 amide bonds. The van der Waals surface area contributed by atoms with Gasteiger partial charge in [-0.1, -0.05) is 13.8 Å². The van der Waals surface area contributed by atoms with Gasteiger partial charge in [0.15, 0.2) is 0 Å². The number of nitrogens with zero attached hydrogens (tertiary/aromatic N) is 1. The third kappa shape index (κ3) is 2.01. The largest absolute Gasteiger partial charge is 0.265 e. The van der Waals surface area contributed by atoms with Gasteiger partial charge in [-0.3, -0.25) is 4.98 Å². The van der Waals surface area contributed by atoms with Crippen molar-refractivity contribution in [2.75, 3.05) is 0 Å². The van der Waals surface area contributed by atoms with Crippen molar-refractivity contribution in [2.24, 2.45) is 0 Å². The standard InChI is InChI=1S/C12H15F2N/c1-7(2)11-10(12(13)14)9(5-6-15-11)8-3-4-8/h5-8,12H,3-4H2,1-2H3. The summed E-state index contributed by atoms with van der Waals surface area (Å²) in [5.41, 5.74) is 1.58. The first kappa shape index (κ1) is 10.5. The summed E-state index contributed by atoms with van der Waals surface area (Å²) < 4.78 is 26.0. The molecule has 1 aliphatic rings. The normalized spacial score (nSPS) is 16.4. The van der Waals surface area contributed by atoms with E-state index in [1.165, 1.54) is 0 Å². The second kappa shape index (κ2) is 3.87. The van der Waals surface area contributed by atoms with E-state index in [-0.39, 0.29) is 11.5 Å². The summed E-state index contributed by atoms with van der Waals surface area (Å²) in [6.45, 7) is 3.82. The Kier molecular flexibility index (Phi) is 2.72. The summed E-state index contributed by atoms with van der Waals surface area (Å²) in [6.07, 6.45) is 1.35. The molecular formula is C12H15F2N. The van der Waals surface area contributed by atoms with Crippen molar-refractivity contribution in [3.63, 3.8) is 0 Å². The van der Waals surface area contributed by atoms with Crippen molar-refractivity contribution in [2.45, 2.75) is 45.0 Å². The van der Waals surface area contributed by atoms with E-state index in [9.17, 15) is 8.78 Å². The van der Waals surface area contributed by atoms with Gasteiger partial charge >= 0.3 is 0 Å². The Balaban J connectivity index is 2.50. The lowest BCUT2D eigenvalue weighted by Gasteiger charge is -2.15. The van der Waals surface area contributed by atoms with Gasteiger partial charge in [0.05, 0.1) is 5.69 Å². The minimum absolute atomic E-state index is 0.0627. The Hall–Kier alpha value is -0.990. The van der Waals surface area contributed by atoms with Crippen LogP contribution in [0.25, 0.3) is 0 Å². The van der Waals surface area contributed by atoms with Crippen LogP contribution in [-0.4, -0.2) is 4.98 Å². The van der Waals surface area contributed by atoms with Gasteiger partial charge in [0.25, 0.3) is 6.43 Å². The minimum atomic E-state index is -2.40. The molecule has 0 N–H and O–H groups in total. The topological polar surface area (TPSA) is 12.9 Å². The van der Waals surface area contributed by atoms with Crippen molar-refractivity contribution in [3.05, 3.63) is 29.1 Å². The fourth-order valence-corrected chi connectivity index (χ4v) is 1.95. The molecule has 1 heterocycles. The Bertz CT molecular complexity index is 336. The number of aromatic nitrogens is 1. The Morgan fingerprint density at radius 1 is 1.33 bits per heavy atom. The minimum Gasteiger partial charge on any atom is -0.261 e. The molecule has 3 heteroatoms. The summed E-state index contributed by atoms with van der Waals surface area (Å²) in [7, 11) is 0. The molecule has 0 unspecified atom stereocenters. The zero-order valence-electron chi connectivity index (χ0n) is 9.00. The van der Waals surface area contributed by atoms with Crippen LogP contribution in [0.3, 0.4) is 0 Å². The molecule has 2 rings (SSSR count). The molecule has 0 saturated heterocycles. The number of rotatable bonds is 3. The summed E-state index contributed by atoms with van der Waals surface area (Å²) in [6, 6.07) is 1.76. The van der Waals surface area contributed by atoms with E-state index in [1.54, 1.807) is 12.3 Å². The lowest BCUT2D eigenvalue weighted by molar-refractivity contribution is 0.148. The number of hydrogen-bond acceptors (Lipinski definition) is 1. The molecule has 1 aromatic rings. The smallest absolute Gasteiger partial charge is 0.261 e. The monoisotopic (exact) mass is 211 g/mol. The number of halogens is 2. The maximum absolute atomic E-state index is 13.0. The lowest BCUT2D eigenvalue weighted by Crippen LogP contribution is -2.04. The second-order valence-corrected chi connectivity index (χ2v) is 4.43. The number of hydrogen-bond donors (Lipinski definition) is 0. The number of pyridine rings is 1. The van der Waals surface area contributed by atoms with Crippen LogP contribution in [-0.2, 0) is 0 Å². The molecule has 1 nitrogen and oxygen atoms in total. The second-order valence-electron chi connectivity index (χ2n) is 4.43. The third-order valence-corrected chi connectivity index (χ3v) is 2.84. The van der Waals surface area contributed by atoms with Gasteiger partial charge in [-0.2, -0.15) is 0 Å². The molecular weight excluding hydrogens is 196 g/mol. The molecule has 15 heavy (non-hydrogen) atoms. The van der Waals surface area contributed by atoms with Gasteiger partial charge in [0.2, 0.25) is 0 Å². The highest BCUT2D eigenvalue weighted by atomic mass is 19.3. The van der Waals surface area contributed by atoms with Crippen LogP contribution >= 0.6 is 0 Å². The zero-order valence-corrected chi connectivity index (χ0v) is 9.00. The van der Waals surface area contributed by atoms with Crippen molar-refractivity contribution in [3.8, 4) is 0 Å². The SMILES string of the molecule is CC(C)c1nccc(C2CC2)c1C(F)F. The van der Waals surface area contributed by atoms with Crippen LogP contribution < -0.4 is 0 Å². The molecule has 1 aliphatic carbocycles. The first-order chi connectivity index (χ1) is 7.11. The first-order valence-corrected chi connectivity index (χ1v) is 5.38. The van der Waals surface area contributed by atoms with E-state index in [1.807, 2.05) is 13.8 Å². The van der Waals surface area contributed by atoms with E-state index in [2.05, 4.69) is 4.98 Å². The quantitative estimate of drug-likeness (QED) is 0.735. The van der Waals surface area contributed by atoms with Crippen LogP contribution in [0.15, 0.2) is 12.3 Å². The van der Waals surface area contributed by atoms with Gasteiger partial charge in [0.1, 0.15) is 0 Å². The van der Waals surface area contributed by atoms with E-state index < -0.39 is 6.43 Å². The maximum atomic E-state index is 13.0. The highest BCUT2D eigenvalue weighted by Gasteiger charge is 2.31. The van der Waals surface area contributed by atoms with Crippen LogP contribution in [0.5, 0.6) is 0 Å². The van der Waals surface area contributed by atoms with Crippen molar-refractivity contribution in [1.82, 2.24) is 4.98 Å². The first-order valence-electron chi connectivity index (χ1n) is 5.38. The van der Waals surface area contributed by atoms with Crippen molar-refractivity contribution < 1.29 is 8.78 Å². The fourth-order valence-electron chi connectivity index (χ4n) is 1.95. The van der Waals surface area contributed by atoms with E-state index in [4.69, 9.17) is 0 Å². The molecule has 0 spiro atoms. The average molecular weight is 211 g/mol. The average Bonchev–Trinajstić information content (AvgIpc) is 2.99. The zero-order chi connectivity index (χ0) is 11.0. The summed E-state index contributed by atoms with van der Waals surface area (Å²) in [5.74, 6) is 0.419.